The van der Waals surface area contributed by atoms with Gasteiger partial charge in [0.2, 0.25) is 5.91 Å². The van der Waals surface area contributed by atoms with Gasteiger partial charge in [-0.2, -0.15) is 0 Å². The van der Waals surface area contributed by atoms with E-state index in [1.165, 1.54) is 4.90 Å². The fourth-order valence-electron chi connectivity index (χ4n) is 4.00. The summed E-state index contributed by atoms with van der Waals surface area (Å²) >= 11 is 0. The minimum absolute atomic E-state index is 0.193. The number of nitrogens with zero attached hydrogens (tertiary/aromatic N) is 1. The first-order valence-corrected chi connectivity index (χ1v) is 9.19. The third kappa shape index (κ3) is 3.72. The lowest BCUT2D eigenvalue weighted by Gasteiger charge is -2.29. The second-order valence-electron chi connectivity index (χ2n) is 7.19. The molecule has 140 valence electrons. The highest BCUT2D eigenvalue weighted by Gasteiger charge is 2.36. The fraction of sp³-hybridized carbons (Fsp3) is 0.526. The number of amides is 2. The summed E-state index contributed by atoms with van der Waals surface area (Å²) in [7, 11) is 0. The first-order chi connectivity index (χ1) is 12.5. The van der Waals surface area contributed by atoms with Crippen LogP contribution in [0.3, 0.4) is 0 Å². The number of carbonyl (C=O) groups excluding carboxylic acids is 3. The van der Waals surface area contributed by atoms with Crippen LogP contribution in [0.15, 0.2) is 18.2 Å². The van der Waals surface area contributed by atoms with Crippen molar-refractivity contribution in [3.8, 4) is 0 Å². The highest BCUT2D eigenvalue weighted by molar-refractivity contribution is 6.02. The highest BCUT2D eigenvalue weighted by Crippen LogP contribution is 2.33. The van der Waals surface area contributed by atoms with Crippen molar-refractivity contribution in [1.29, 1.82) is 0 Å². The molecule has 1 aliphatic carbocycles. The van der Waals surface area contributed by atoms with E-state index in [0.29, 0.717) is 12.1 Å². The van der Waals surface area contributed by atoms with E-state index in [-0.39, 0.29) is 30.8 Å². The quantitative estimate of drug-likeness (QED) is 0.632. The number of hydrogen-bond donors (Lipinski definition) is 3. The Bertz CT molecular complexity index is 706. The standard InChI is InChI=1S/C19H26N4O3/c20-12-4-1-5-13(10-12)22-16-7-2-6-14-15(16)11-23(19(14)26)17(18(21)25)8-3-9-24/h2,6-7,9,12-13,17,22H,1,3-5,8,10-11,20H2,(H2,21,25). The first kappa shape index (κ1) is 18.4. The van der Waals surface area contributed by atoms with Gasteiger partial charge in [0.25, 0.3) is 5.91 Å². The molecular formula is C19H26N4O3. The number of nitrogens with two attached hydrogens (primary N) is 2. The van der Waals surface area contributed by atoms with Crippen molar-refractivity contribution in [3.05, 3.63) is 29.3 Å². The molecule has 1 aromatic carbocycles. The molecule has 1 fully saturated rings. The summed E-state index contributed by atoms with van der Waals surface area (Å²) in [4.78, 5) is 36.7. The number of aldehydes is 1. The Morgan fingerprint density at radius 2 is 2.19 bits per heavy atom. The molecular weight excluding hydrogens is 332 g/mol. The van der Waals surface area contributed by atoms with Crippen molar-refractivity contribution in [2.24, 2.45) is 11.5 Å². The van der Waals surface area contributed by atoms with Gasteiger partial charge in [0.05, 0.1) is 0 Å². The molecule has 7 nitrogen and oxygen atoms in total. The second-order valence-corrected chi connectivity index (χ2v) is 7.19. The molecule has 2 amide bonds. The molecule has 1 saturated carbocycles. The van der Waals surface area contributed by atoms with Crippen LogP contribution in [0, 0.1) is 0 Å². The van der Waals surface area contributed by atoms with Crippen LogP contribution in [0.2, 0.25) is 0 Å². The summed E-state index contributed by atoms with van der Waals surface area (Å²) in [5.41, 5.74) is 13.9. The Kier molecular flexibility index (Phi) is 5.56. The Labute approximate surface area is 153 Å². The lowest BCUT2D eigenvalue weighted by Crippen LogP contribution is -2.44. The number of carbonyl (C=O) groups is 3. The van der Waals surface area contributed by atoms with E-state index in [2.05, 4.69) is 5.32 Å². The molecule has 0 bridgehead atoms. The van der Waals surface area contributed by atoms with E-state index < -0.39 is 11.9 Å². The SMILES string of the molecule is NC(=O)C(CCC=O)N1Cc2c(NC3CCCC(N)C3)cccc2C1=O. The van der Waals surface area contributed by atoms with Gasteiger partial charge in [-0.25, -0.2) is 0 Å². The van der Waals surface area contributed by atoms with Crippen molar-refractivity contribution in [2.45, 2.75) is 63.2 Å². The average Bonchev–Trinajstić information content (AvgIpc) is 2.93. The van der Waals surface area contributed by atoms with Crippen LogP contribution in [-0.4, -0.2) is 41.1 Å². The molecule has 3 atom stereocenters. The minimum atomic E-state index is -0.768. The number of rotatable bonds is 7. The van der Waals surface area contributed by atoms with Gasteiger partial charge in [-0.1, -0.05) is 6.07 Å². The number of fused-ring (bicyclic) bond motifs is 1. The van der Waals surface area contributed by atoms with Crippen molar-refractivity contribution >= 4 is 23.8 Å². The van der Waals surface area contributed by atoms with Crippen LogP contribution >= 0.6 is 0 Å². The third-order valence-corrected chi connectivity index (χ3v) is 5.33. The van der Waals surface area contributed by atoms with Crippen molar-refractivity contribution < 1.29 is 14.4 Å². The number of benzene rings is 1. The molecule has 1 heterocycles. The topological polar surface area (TPSA) is 119 Å². The van der Waals surface area contributed by atoms with Gasteiger partial charge in [0.15, 0.2) is 0 Å². The number of nitrogens with one attached hydrogen (secondary N) is 1. The predicted octanol–water partition coefficient (Wildman–Crippen LogP) is 1.16. The van der Waals surface area contributed by atoms with E-state index >= 15 is 0 Å². The summed E-state index contributed by atoms with van der Waals surface area (Å²) in [6.07, 6.45) is 5.28. The molecule has 3 rings (SSSR count). The van der Waals surface area contributed by atoms with Gasteiger partial charge in [0, 0.05) is 41.9 Å². The van der Waals surface area contributed by atoms with E-state index in [1.54, 1.807) is 6.07 Å². The van der Waals surface area contributed by atoms with Crippen LogP contribution in [-0.2, 0) is 16.1 Å². The van der Waals surface area contributed by atoms with Crippen LogP contribution in [0.1, 0.15) is 54.4 Å². The van der Waals surface area contributed by atoms with Crippen LogP contribution in [0.4, 0.5) is 5.69 Å². The Morgan fingerprint density at radius 3 is 2.88 bits per heavy atom. The Balaban J connectivity index is 1.80. The maximum absolute atomic E-state index is 12.8. The van der Waals surface area contributed by atoms with Gasteiger partial charge in [-0.15, -0.1) is 0 Å². The van der Waals surface area contributed by atoms with E-state index in [1.807, 2.05) is 12.1 Å². The third-order valence-electron chi connectivity index (χ3n) is 5.33. The summed E-state index contributed by atoms with van der Waals surface area (Å²) in [5.74, 6) is -0.792. The monoisotopic (exact) mass is 358 g/mol. The molecule has 5 N–H and O–H groups in total. The molecule has 2 aliphatic rings. The molecule has 0 radical (unpaired) electrons. The predicted molar refractivity (Wildman–Crippen MR) is 98.5 cm³/mol. The highest BCUT2D eigenvalue weighted by atomic mass is 16.2. The maximum atomic E-state index is 12.8. The summed E-state index contributed by atoms with van der Waals surface area (Å²) in [5, 5.41) is 3.53. The average molecular weight is 358 g/mol. The Hall–Kier alpha value is -2.41. The molecule has 1 aliphatic heterocycles. The first-order valence-electron chi connectivity index (χ1n) is 9.19. The second kappa shape index (κ2) is 7.86. The van der Waals surface area contributed by atoms with Gasteiger partial charge in [0.1, 0.15) is 12.3 Å². The fourth-order valence-corrected chi connectivity index (χ4v) is 4.00. The van der Waals surface area contributed by atoms with E-state index in [4.69, 9.17) is 11.5 Å². The van der Waals surface area contributed by atoms with Crippen LogP contribution in [0.5, 0.6) is 0 Å². The molecule has 0 aromatic heterocycles. The minimum Gasteiger partial charge on any atom is -0.382 e. The number of anilines is 1. The normalized spacial score (nSPS) is 23.4. The number of primary amides is 1. The van der Waals surface area contributed by atoms with Crippen LogP contribution < -0.4 is 16.8 Å². The zero-order chi connectivity index (χ0) is 18.7. The van der Waals surface area contributed by atoms with Gasteiger partial charge < -0.3 is 26.5 Å². The van der Waals surface area contributed by atoms with Gasteiger partial charge in [-0.3, -0.25) is 9.59 Å². The molecule has 3 unspecified atom stereocenters. The van der Waals surface area contributed by atoms with Crippen molar-refractivity contribution in [2.75, 3.05) is 5.32 Å². The largest absolute Gasteiger partial charge is 0.382 e. The molecule has 0 saturated heterocycles. The summed E-state index contributed by atoms with van der Waals surface area (Å²) in [6, 6.07) is 5.30. The van der Waals surface area contributed by atoms with Crippen LogP contribution in [0.25, 0.3) is 0 Å². The molecule has 26 heavy (non-hydrogen) atoms. The molecule has 0 spiro atoms. The van der Waals surface area contributed by atoms with E-state index in [9.17, 15) is 14.4 Å². The Morgan fingerprint density at radius 1 is 1.38 bits per heavy atom. The van der Waals surface area contributed by atoms with Gasteiger partial charge in [-0.05, 0) is 44.2 Å². The lowest BCUT2D eigenvalue weighted by atomic mass is 9.91. The summed E-state index contributed by atoms with van der Waals surface area (Å²) < 4.78 is 0. The zero-order valence-electron chi connectivity index (χ0n) is 14.8. The van der Waals surface area contributed by atoms with Crippen molar-refractivity contribution in [3.63, 3.8) is 0 Å². The number of hydrogen-bond acceptors (Lipinski definition) is 5. The lowest BCUT2D eigenvalue weighted by molar-refractivity contribution is -0.122. The summed E-state index contributed by atoms with van der Waals surface area (Å²) in [6.45, 7) is 0.322. The van der Waals surface area contributed by atoms with Crippen molar-refractivity contribution in [1.82, 2.24) is 4.90 Å². The zero-order valence-corrected chi connectivity index (χ0v) is 14.8. The smallest absolute Gasteiger partial charge is 0.255 e. The molecule has 1 aromatic rings. The molecule has 7 heteroatoms. The van der Waals surface area contributed by atoms with E-state index in [0.717, 1.165) is 43.2 Å². The van der Waals surface area contributed by atoms with Gasteiger partial charge >= 0.3 is 0 Å². The maximum Gasteiger partial charge on any atom is 0.255 e.